The number of rotatable bonds is 13. The van der Waals surface area contributed by atoms with Crippen molar-refractivity contribution in [2.75, 3.05) is 26.7 Å². The highest BCUT2D eigenvalue weighted by Crippen LogP contribution is 2.29. The fourth-order valence-electron chi connectivity index (χ4n) is 5.49. The van der Waals surface area contributed by atoms with Gasteiger partial charge in [-0.1, -0.05) is 62.4 Å². The first-order valence-electron chi connectivity index (χ1n) is 15.9. The van der Waals surface area contributed by atoms with E-state index in [1.54, 1.807) is 22.9 Å². The number of aromatic nitrogens is 4. The van der Waals surface area contributed by atoms with Gasteiger partial charge >= 0.3 is 6.09 Å². The molecule has 3 aromatic carbocycles. The average Bonchev–Trinajstić information content (AvgIpc) is 3.76. The minimum absolute atomic E-state index is 0.0453. The molecule has 0 aliphatic carbocycles. The number of H-pyrrole nitrogens is 2. The van der Waals surface area contributed by atoms with Crippen LogP contribution in [0.1, 0.15) is 45.3 Å². The van der Waals surface area contributed by atoms with Crippen LogP contribution < -0.4 is 5.32 Å². The number of nitrogens with zero attached hydrogens (tertiary/aromatic N) is 4. The molecule has 0 unspecified atom stereocenters. The van der Waals surface area contributed by atoms with Gasteiger partial charge in [0.25, 0.3) is 0 Å². The topological polar surface area (TPSA) is 136 Å². The highest BCUT2D eigenvalue weighted by molar-refractivity contribution is 5.90. The summed E-state index contributed by atoms with van der Waals surface area (Å²) in [5.41, 5.74) is 6.01. The number of fused-ring (bicyclic) bond motifs is 1. The summed E-state index contributed by atoms with van der Waals surface area (Å²) in [7, 11) is 1.26. The van der Waals surface area contributed by atoms with Crippen molar-refractivity contribution in [1.29, 1.82) is 0 Å². The molecule has 0 saturated heterocycles. The van der Waals surface area contributed by atoms with Crippen LogP contribution in [0.3, 0.4) is 0 Å². The molecular weight excluding hydrogens is 594 g/mol. The second-order valence-electron chi connectivity index (χ2n) is 11.4. The zero-order valence-electron chi connectivity index (χ0n) is 27.3. The summed E-state index contributed by atoms with van der Waals surface area (Å²) < 4.78 is 4.56. The first-order chi connectivity index (χ1) is 22.8. The zero-order chi connectivity index (χ0) is 33.3. The predicted octanol–water partition coefficient (Wildman–Crippen LogP) is 6.14. The first-order valence-corrected chi connectivity index (χ1v) is 15.9. The lowest BCUT2D eigenvalue weighted by atomic mass is 9.98. The number of hydrogen-bond donors (Lipinski definition) is 3. The maximum absolute atomic E-state index is 12.6. The monoisotopic (exact) mass is 635 g/mol. The van der Waals surface area contributed by atoms with Gasteiger partial charge in [-0.05, 0) is 52.4 Å². The Balaban J connectivity index is 1.25. The van der Waals surface area contributed by atoms with Crippen LogP contribution in [0.5, 0.6) is 0 Å². The van der Waals surface area contributed by atoms with Gasteiger partial charge in [0.15, 0.2) is 0 Å². The molecule has 0 saturated carbocycles. The molecule has 0 atom stereocenters. The van der Waals surface area contributed by atoms with Crippen LogP contribution in [-0.2, 0) is 27.4 Å². The van der Waals surface area contributed by atoms with Gasteiger partial charge < -0.3 is 29.8 Å². The van der Waals surface area contributed by atoms with Crippen molar-refractivity contribution in [1.82, 2.24) is 35.1 Å². The van der Waals surface area contributed by atoms with Crippen molar-refractivity contribution in [3.63, 3.8) is 0 Å². The van der Waals surface area contributed by atoms with E-state index in [2.05, 4.69) is 97.6 Å². The number of benzene rings is 3. The number of amides is 3. The maximum Gasteiger partial charge on any atom is 0.407 e. The number of methoxy groups -OCH3 is 1. The van der Waals surface area contributed by atoms with E-state index in [4.69, 9.17) is 0 Å². The Kier molecular flexibility index (Phi) is 10.7. The molecule has 11 heteroatoms. The minimum Gasteiger partial charge on any atom is -0.453 e. The van der Waals surface area contributed by atoms with E-state index in [9.17, 15) is 14.4 Å². The summed E-state index contributed by atoms with van der Waals surface area (Å²) in [5, 5.41) is 4.69. The number of imidazole rings is 2. The predicted molar refractivity (Wildman–Crippen MR) is 182 cm³/mol. The van der Waals surface area contributed by atoms with Crippen molar-refractivity contribution < 1.29 is 19.1 Å². The largest absolute Gasteiger partial charge is 0.453 e. The normalized spacial score (nSPS) is 11.0. The molecular formula is C36H41N7O4. The van der Waals surface area contributed by atoms with E-state index in [1.165, 1.54) is 7.11 Å². The number of carbonyl (C=O) groups excluding carboxylic acids is 3. The molecule has 0 aliphatic rings. The Morgan fingerprint density at radius 2 is 1.23 bits per heavy atom. The van der Waals surface area contributed by atoms with Gasteiger partial charge in [-0.3, -0.25) is 9.59 Å². The molecule has 0 fully saturated rings. The molecule has 0 spiro atoms. The quantitative estimate of drug-likeness (QED) is 0.142. The van der Waals surface area contributed by atoms with Crippen LogP contribution >= 0.6 is 0 Å². The number of alkyl carbamates (subject to hydrolysis) is 1. The van der Waals surface area contributed by atoms with Crippen LogP contribution in [0.4, 0.5) is 4.79 Å². The second-order valence-corrected chi connectivity index (χ2v) is 11.4. The van der Waals surface area contributed by atoms with Gasteiger partial charge in [0, 0.05) is 25.6 Å². The van der Waals surface area contributed by atoms with Gasteiger partial charge in [0.05, 0.1) is 44.0 Å². The van der Waals surface area contributed by atoms with Gasteiger partial charge in [-0.15, -0.1) is 0 Å². The highest BCUT2D eigenvalue weighted by Gasteiger charge is 2.17. The summed E-state index contributed by atoms with van der Waals surface area (Å²) in [6.45, 7) is 7.54. The molecule has 11 nitrogen and oxygen atoms in total. The first kappa shape index (κ1) is 32.9. The third kappa shape index (κ3) is 8.23. The molecule has 5 aromatic rings. The van der Waals surface area contributed by atoms with Crippen LogP contribution in [0.25, 0.3) is 44.4 Å². The van der Waals surface area contributed by atoms with Gasteiger partial charge in [0.2, 0.25) is 11.8 Å². The van der Waals surface area contributed by atoms with Gasteiger partial charge in [0.1, 0.15) is 18.2 Å². The molecule has 2 heterocycles. The lowest BCUT2D eigenvalue weighted by molar-refractivity contribution is -0.131. The number of hydrogen-bond acceptors (Lipinski definition) is 6. The molecule has 3 N–H and O–H groups in total. The smallest absolute Gasteiger partial charge is 0.407 e. The zero-order valence-corrected chi connectivity index (χ0v) is 27.3. The van der Waals surface area contributed by atoms with Gasteiger partial charge in [-0.25, -0.2) is 14.8 Å². The molecule has 244 valence electrons. The molecule has 3 amide bonds. The van der Waals surface area contributed by atoms with E-state index in [-0.39, 0.29) is 18.4 Å². The summed E-state index contributed by atoms with van der Waals surface area (Å²) >= 11 is 0. The molecule has 0 aliphatic heterocycles. The maximum atomic E-state index is 12.6. The molecule has 5 rings (SSSR count). The van der Waals surface area contributed by atoms with E-state index in [0.717, 1.165) is 63.1 Å². The van der Waals surface area contributed by atoms with Crippen molar-refractivity contribution in [3.8, 4) is 33.6 Å². The SMILES string of the molecule is CCCN(Cc1ncc(-c2ccc3cc(-c4ccc(-c5cnc(CN(CCC)C(=O)CNC(=O)OC)[nH]5)cc4)ccc3c2)[nH]1)C(C)=O. The summed E-state index contributed by atoms with van der Waals surface area (Å²) in [4.78, 5) is 55.1. The van der Waals surface area contributed by atoms with E-state index in [0.29, 0.717) is 32.0 Å². The number of nitrogens with one attached hydrogen (secondary N) is 3. The molecule has 2 aromatic heterocycles. The Hall–Kier alpha value is -5.45. The Morgan fingerprint density at radius 1 is 0.723 bits per heavy atom. The Labute approximate surface area is 274 Å². The third-order valence-corrected chi connectivity index (χ3v) is 7.97. The van der Waals surface area contributed by atoms with Crippen molar-refractivity contribution in [2.45, 2.75) is 46.7 Å². The van der Waals surface area contributed by atoms with E-state index in [1.807, 2.05) is 13.1 Å². The molecule has 47 heavy (non-hydrogen) atoms. The molecule has 0 bridgehead atoms. The Morgan fingerprint density at radius 3 is 1.83 bits per heavy atom. The van der Waals surface area contributed by atoms with Gasteiger partial charge in [-0.2, -0.15) is 0 Å². The van der Waals surface area contributed by atoms with Crippen LogP contribution in [0, 0.1) is 0 Å². The fourth-order valence-corrected chi connectivity index (χ4v) is 5.49. The number of carbonyl (C=O) groups is 3. The standard InChI is InChI=1S/C36H41N7O4/c1-5-15-42(24(3)44)22-33-38-20-32(41-33)30-14-13-28-17-27(11-12-29(28)18-30)25-7-9-26(10-8-25)31-19-37-34(40-31)23-43(16-6-2)35(45)21-39-36(46)47-4/h7-14,17-20H,5-6,15-16,21-23H2,1-4H3,(H,37,40)(H,38,41)(H,39,46). The average molecular weight is 636 g/mol. The van der Waals surface area contributed by atoms with Crippen molar-refractivity contribution in [3.05, 3.63) is 84.7 Å². The lowest BCUT2D eigenvalue weighted by Crippen LogP contribution is -2.40. The van der Waals surface area contributed by atoms with Crippen molar-refractivity contribution in [2.24, 2.45) is 0 Å². The van der Waals surface area contributed by atoms with Crippen molar-refractivity contribution >= 4 is 28.7 Å². The van der Waals surface area contributed by atoms with E-state index >= 15 is 0 Å². The van der Waals surface area contributed by atoms with Crippen LogP contribution in [-0.4, -0.2) is 74.4 Å². The lowest BCUT2D eigenvalue weighted by Gasteiger charge is -2.21. The summed E-state index contributed by atoms with van der Waals surface area (Å²) in [6.07, 6.45) is 4.63. The summed E-state index contributed by atoms with van der Waals surface area (Å²) in [5.74, 6) is 1.27. The minimum atomic E-state index is -0.641. The second kappa shape index (κ2) is 15.2. The number of aromatic amines is 2. The summed E-state index contributed by atoms with van der Waals surface area (Å²) in [6, 6.07) is 21.1. The fraction of sp³-hybridized carbons (Fsp3) is 0.306. The third-order valence-electron chi connectivity index (χ3n) is 7.97. The molecule has 0 radical (unpaired) electrons. The highest BCUT2D eigenvalue weighted by atomic mass is 16.5. The van der Waals surface area contributed by atoms with E-state index < -0.39 is 6.09 Å². The number of ether oxygens (including phenoxy) is 1. The van der Waals surface area contributed by atoms with Crippen LogP contribution in [0.2, 0.25) is 0 Å². The Bertz CT molecular complexity index is 1840. The van der Waals surface area contributed by atoms with Crippen LogP contribution in [0.15, 0.2) is 73.1 Å².